The lowest BCUT2D eigenvalue weighted by Crippen LogP contribution is -2.51. The summed E-state index contributed by atoms with van der Waals surface area (Å²) in [5, 5.41) is 0. The van der Waals surface area contributed by atoms with Gasteiger partial charge in [-0.15, -0.1) is 0 Å². The first kappa shape index (κ1) is 15.1. The molecule has 0 spiro atoms. The molecule has 0 saturated heterocycles. The van der Waals surface area contributed by atoms with Crippen LogP contribution in [0.25, 0.3) is 0 Å². The molecule has 0 heterocycles. The van der Waals surface area contributed by atoms with E-state index >= 15 is 0 Å². The SMILES string of the molecule is NNC(CC1CCCCC1)C1(c2ccccc2)CCCC1. The third-order valence-corrected chi connectivity index (χ3v) is 6.01. The molecule has 0 bridgehead atoms. The molecule has 2 heteroatoms. The second kappa shape index (κ2) is 6.93. The Kier molecular flexibility index (Phi) is 4.97. The third kappa shape index (κ3) is 3.17. The second-order valence-corrected chi connectivity index (χ2v) is 7.19. The summed E-state index contributed by atoms with van der Waals surface area (Å²) in [7, 11) is 0. The molecule has 3 N–H and O–H groups in total. The highest BCUT2D eigenvalue weighted by atomic mass is 15.2. The first-order chi connectivity index (χ1) is 10.3. The van der Waals surface area contributed by atoms with Gasteiger partial charge in [0.05, 0.1) is 0 Å². The van der Waals surface area contributed by atoms with Gasteiger partial charge in [0.25, 0.3) is 0 Å². The highest BCUT2D eigenvalue weighted by Crippen LogP contribution is 2.46. The molecule has 1 aromatic carbocycles. The van der Waals surface area contributed by atoms with Crippen molar-refractivity contribution >= 4 is 0 Å². The van der Waals surface area contributed by atoms with Gasteiger partial charge in [-0.05, 0) is 30.7 Å². The van der Waals surface area contributed by atoms with Gasteiger partial charge in [0.1, 0.15) is 0 Å². The average molecular weight is 286 g/mol. The van der Waals surface area contributed by atoms with Crippen molar-refractivity contribution in [1.82, 2.24) is 5.43 Å². The van der Waals surface area contributed by atoms with Gasteiger partial charge in [-0.25, -0.2) is 0 Å². The minimum atomic E-state index is 0.271. The van der Waals surface area contributed by atoms with Crippen molar-refractivity contribution < 1.29 is 0 Å². The molecule has 1 aromatic rings. The lowest BCUT2D eigenvalue weighted by atomic mass is 9.69. The van der Waals surface area contributed by atoms with Crippen LogP contribution in [0, 0.1) is 5.92 Å². The van der Waals surface area contributed by atoms with Crippen LogP contribution in [0.3, 0.4) is 0 Å². The minimum absolute atomic E-state index is 0.271. The van der Waals surface area contributed by atoms with Gasteiger partial charge in [-0.1, -0.05) is 75.3 Å². The Labute approximate surface area is 129 Å². The fourth-order valence-electron chi connectivity index (χ4n) is 4.82. The lowest BCUT2D eigenvalue weighted by molar-refractivity contribution is 0.221. The molecule has 116 valence electrons. The summed E-state index contributed by atoms with van der Waals surface area (Å²) in [6, 6.07) is 11.6. The summed E-state index contributed by atoms with van der Waals surface area (Å²) in [6.45, 7) is 0. The van der Waals surface area contributed by atoms with Gasteiger partial charge in [0, 0.05) is 11.5 Å². The maximum atomic E-state index is 6.04. The predicted octanol–water partition coefficient (Wildman–Crippen LogP) is 4.30. The van der Waals surface area contributed by atoms with Crippen LogP contribution in [0.15, 0.2) is 30.3 Å². The lowest BCUT2D eigenvalue weighted by Gasteiger charge is -2.40. The Morgan fingerprint density at radius 3 is 2.29 bits per heavy atom. The standard InChI is InChI=1S/C19H30N2/c20-21-18(15-16-9-3-1-4-10-16)19(13-7-8-14-19)17-11-5-2-6-12-17/h2,5-6,11-12,16,18,21H,1,3-4,7-10,13-15,20H2. The predicted molar refractivity (Wildman–Crippen MR) is 88.9 cm³/mol. The molecule has 2 aliphatic rings. The topological polar surface area (TPSA) is 38.0 Å². The van der Waals surface area contributed by atoms with Crippen LogP contribution in [0.5, 0.6) is 0 Å². The summed E-state index contributed by atoms with van der Waals surface area (Å²) < 4.78 is 0. The number of hydrogen-bond acceptors (Lipinski definition) is 2. The molecule has 0 aromatic heterocycles. The summed E-state index contributed by atoms with van der Waals surface area (Å²) in [5.41, 5.74) is 5.00. The van der Waals surface area contributed by atoms with E-state index in [9.17, 15) is 0 Å². The largest absolute Gasteiger partial charge is 0.271 e. The number of nitrogens with one attached hydrogen (secondary N) is 1. The summed E-state index contributed by atoms with van der Waals surface area (Å²) in [6.07, 6.45) is 13.6. The van der Waals surface area contributed by atoms with Crippen LogP contribution in [0.2, 0.25) is 0 Å². The molecule has 1 unspecified atom stereocenters. The van der Waals surface area contributed by atoms with Crippen molar-refractivity contribution in [2.75, 3.05) is 0 Å². The highest BCUT2D eigenvalue weighted by Gasteiger charge is 2.42. The highest BCUT2D eigenvalue weighted by molar-refractivity contribution is 5.29. The number of hydrogen-bond donors (Lipinski definition) is 2. The van der Waals surface area contributed by atoms with E-state index in [1.54, 1.807) is 0 Å². The van der Waals surface area contributed by atoms with Crippen molar-refractivity contribution in [2.45, 2.75) is 75.7 Å². The number of benzene rings is 1. The first-order valence-corrected chi connectivity index (χ1v) is 8.87. The van der Waals surface area contributed by atoms with Crippen LogP contribution in [-0.4, -0.2) is 6.04 Å². The third-order valence-electron chi connectivity index (χ3n) is 6.01. The Hall–Kier alpha value is -0.860. The molecule has 3 rings (SSSR count). The molecule has 2 aliphatic carbocycles. The van der Waals surface area contributed by atoms with E-state index in [0.29, 0.717) is 6.04 Å². The van der Waals surface area contributed by atoms with Crippen LogP contribution in [0.1, 0.15) is 69.8 Å². The molecule has 2 fully saturated rings. The van der Waals surface area contributed by atoms with E-state index in [-0.39, 0.29) is 5.41 Å². The van der Waals surface area contributed by atoms with E-state index in [1.807, 2.05) is 0 Å². The molecular formula is C19H30N2. The van der Waals surface area contributed by atoms with Crippen LogP contribution >= 0.6 is 0 Å². The van der Waals surface area contributed by atoms with Crippen LogP contribution in [-0.2, 0) is 5.41 Å². The summed E-state index contributed by atoms with van der Waals surface area (Å²) in [5.74, 6) is 6.92. The van der Waals surface area contributed by atoms with Crippen molar-refractivity contribution in [2.24, 2.45) is 11.8 Å². The zero-order valence-corrected chi connectivity index (χ0v) is 13.2. The first-order valence-electron chi connectivity index (χ1n) is 8.87. The Bertz CT molecular complexity index is 416. The van der Waals surface area contributed by atoms with E-state index in [1.165, 1.54) is 69.8 Å². The van der Waals surface area contributed by atoms with Gasteiger partial charge < -0.3 is 0 Å². The van der Waals surface area contributed by atoms with Gasteiger partial charge in [-0.2, -0.15) is 0 Å². The van der Waals surface area contributed by atoms with Crippen molar-refractivity contribution in [1.29, 1.82) is 0 Å². The van der Waals surface area contributed by atoms with Gasteiger partial charge in [0.15, 0.2) is 0 Å². The second-order valence-electron chi connectivity index (χ2n) is 7.19. The Morgan fingerprint density at radius 1 is 1.00 bits per heavy atom. The molecular weight excluding hydrogens is 256 g/mol. The Morgan fingerprint density at radius 2 is 1.67 bits per heavy atom. The summed E-state index contributed by atoms with van der Waals surface area (Å²) in [4.78, 5) is 0. The molecule has 0 radical (unpaired) electrons. The molecule has 2 saturated carbocycles. The Balaban J connectivity index is 1.80. The van der Waals surface area contributed by atoms with Crippen molar-refractivity contribution in [3.63, 3.8) is 0 Å². The zero-order valence-electron chi connectivity index (χ0n) is 13.2. The van der Waals surface area contributed by atoms with E-state index in [0.717, 1.165) is 5.92 Å². The zero-order chi connectivity index (χ0) is 14.5. The van der Waals surface area contributed by atoms with E-state index in [2.05, 4.69) is 35.8 Å². The van der Waals surface area contributed by atoms with Crippen LogP contribution < -0.4 is 11.3 Å². The normalized spacial score (nSPS) is 24.0. The maximum absolute atomic E-state index is 6.04. The maximum Gasteiger partial charge on any atom is 0.0309 e. The molecule has 0 aliphatic heterocycles. The average Bonchev–Trinajstić information content (AvgIpc) is 3.05. The van der Waals surface area contributed by atoms with E-state index in [4.69, 9.17) is 5.84 Å². The van der Waals surface area contributed by atoms with Gasteiger partial charge in [-0.3, -0.25) is 11.3 Å². The minimum Gasteiger partial charge on any atom is -0.271 e. The van der Waals surface area contributed by atoms with Crippen molar-refractivity contribution in [3.05, 3.63) is 35.9 Å². The summed E-state index contributed by atoms with van der Waals surface area (Å²) >= 11 is 0. The number of nitrogens with two attached hydrogens (primary N) is 1. The fourth-order valence-corrected chi connectivity index (χ4v) is 4.82. The number of rotatable bonds is 5. The van der Waals surface area contributed by atoms with Gasteiger partial charge >= 0.3 is 0 Å². The fraction of sp³-hybridized carbons (Fsp3) is 0.684. The van der Waals surface area contributed by atoms with E-state index < -0.39 is 0 Å². The molecule has 2 nitrogen and oxygen atoms in total. The molecule has 1 atom stereocenters. The van der Waals surface area contributed by atoms with Crippen molar-refractivity contribution in [3.8, 4) is 0 Å². The monoisotopic (exact) mass is 286 g/mol. The molecule has 0 amide bonds. The quantitative estimate of drug-likeness (QED) is 0.625. The number of hydrazine groups is 1. The smallest absolute Gasteiger partial charge is 0.0309 e. The van der Waals surface area contributed by atoms with Crippen LogP contribution in [0.4, 0.5) is 0 Å². The van der Waals surface area contributed by atoms with Gasteiger partial charge in [0.2, 0.25) is 0 Å². The molecule has 21 heavy (non-hydrogen) atoms.